The van der Waals surface area contributed by atoms with Gasteiger partial charge in [-0.1, -0.05) is 32.0 Å². The van der Waals surface area contributed by atoms with Gasteiger partial charge in [-0.15, -0.1) is 0 Å². The minimum atomic E-state index is -3.71. The summed E-state index contributed by atoms with van der Waals surface area (Å²) in [6, 6.07) is 12.2. The molecule has 0 bridgehead atoms. The predicted octanol–water partition coefficient (Wildman–Crippen LogP) is 4.45. The average molecular weight is 389 g/mol. The summed E-state index contributed by atoms with van der Waals surface area (Å²) in [6.45, 7) is 11.3. The fourth-order valence-electron chi connectivity index (χ4n) is 2.62. The number of anilines is 1. The Hall–Kier alpha value is -2.18. The number of nitrogens with one attached hydrogen (secondary N) is 2. The van der Waals surface area contributed by atoms with Gasteiger partial charge in [0.05, 0.1) is 4.90 Å². The van der Waals surface area contributed by atoms with Crippen molar-refractivity contribution < 1.29 is 13.2 Å². The number of carbonyl (C=O) groups excluding carboxylic acids is 1. The molecule has 0 aliphatic rings. The Morgan fingerprint density at radius 2 is 1.59 bits per heavy atom. The fourth-order valence-corrected chi connectivity index (χ4v) is 4.07. The monoisotopic (exact) mass is 388 g/mol. The molecule has 146 valence electrons. The van der Waals surface area contributed by atoms with E-state index in [9.17, 15) is 13.2 Å². The first-order valence-electron chi connectivity index (χ1n) is 8.95. The molecular weight excluding hydrogens is 360 g/mol. The molecule has 0 spiro atoms. The topological polar surface area (TPSA) is 75.3 Å². The molecule has 0 fully saturated rings. The van der Waals surface area contributed by atoms with E-state index in [4.69, 9.17) is 0 Å². The lowest BCUT2D eigenvalue weighted by atomic mass is 10.0. The third-order valence-corrected chi connectivity index (χ3v) is 5.80. The van der Waals surface area contributed by atoms with Crippen molar-refractivity contribution >= 4 is 21.6 Å². The van der Waals surface area contributed by atoms with Crippen molar-refractivity contribution in [3.63, 3.8) is 0 Å². The molecule has 2 N–H and O–H groups in total. The quantitative estimate of drug-likeness (QED) is 0.795. The van der Waals surface area contributed by atoms with Crippen molar-refractivity contribution in [1.82, 2.24) is 4.72 Å². The number of carbonyl (C=O) groups is 1. The van der Waals surface area contributed by atoms with Crippen molar-refractivity contribution in [1.29, 1.82) is 0 Å². The van der Waals surface area contributed by atoms with Gasteiger partial charge in [0.25, 0.3) is 5.91 Å². The summed E-state index contributed by atoms with van der Waals surface area (Å²) in [5, 5.41) is 2.84. The average Bonchev–Trinajstić information content (AvgIpc) is 2.53. The molecule has 0 atom stereocenters. The molecule has 0 saturated carbocycles. The molecule has 6 heteroatoms. The van der Waals surface area contributed by atoms with Gasteiger partial charge < -0.3 is 5.32 Å². The van der Waals surface area contributed by atoms with E-state index in [2.05, 4.69) is 23.9 Å². The molecule has 2 aromatic rings. The molecule has 0 aliphatic carbocycles. The normalized spacial score (nSPS) is 12.3. The van der Waals surface area contributed by atoms with Crippen LogP contribution >= 0.6 is 0 Å². The second-order valence-corrected chi connectivity index (χ2v) is 9.75. The van der Waals surface area contributed by atoms with Gasteiger partial charge in [0.2, 0.25) is 10.0 Å². The zero-order valence-corrected chi connectivity index (χ0v) is 17.6. The number of rotatable bonds is 5. The lowest BCUT2D eigenvalue weighted by Crippen LogP contribution is -2.40. The Bertz CT molecular complexity index is 925. The first-order chi connectivity index (χ1) is 12.4. The second-order valence-electron chi connectivity index (χ2n) is 8.06. The summed E-state index contributed by atoms with van der Waals surface area (Å²) in [4.78, 5) is 12.8. The SMILES string of the molecule is Cc1ccc(S(=O)(=O)NC(C)(C)C)cc1C(=O)Nc1ccc(C(C)C)cc1. The Morgan fingerprint density at radius 3 is 2.11 bits per heavy atom. The molecule has 0 saturated heterocycles. The number of sulfonamides is 1. The standard InChI is InChI=1S/C21H28N2O3S/c1-14(2)16-8-10-17(11-9-16)22-20(24)19-13-18(12-7-15(19)3)27(25,26)23-21(4,5)6/h7-14,23H,1-6H3,(H,22,24). The third-order valence-electron chi connectivity index (χ3n) is 4.04. The molecule has 2 rings (SSSR count). The number of hydrogen-bond donors (Lipinski definition) is 2. The summed E-state index contributed by atoms with van der Waals surface area (Å²) in [5.74, 6) is 0.0757. The zero-order valence-electron chi connectivity index (χ0n) is 16.8. The number of aryl methyl sites for hydroxylation is 1. The minimum Gasteiger partial charge on any atom is -0.322 e. The lowest BCUT2D eigenvalue weighted by Gasteiger charge is -2.20. The van der Waals surface area contributed by atoms with Crippen molar-refractivity contribution in [3.05, 3.63) is 59.2 Å². The van der Waals surface area contributed by atoms with Crippen LogP contribution in [0.5, 0.6) is 0 Å². The Balaban J connectivity index is 2.28. The molecule has 0 aliphatic heterocycles. The van der Waals surface area contributed by atoms with E-state index in [1.807, 2.05) is 24.3 Å². The molecule has 27 heavy (non-hydrogen) atoms. The molecule has 1 amide bonds. The van der Waals surface area contributed by atoms with Crippen molar-refractivity contribution in [2.75, 3.05) is 5.32 Å². The van der Waals surface area contributed by atoms with Crippen LogP contribution in [0.25, 0.3) is 0 Å². The van der Waals surface area contributed by atoms with Gasteiger partial charge >= 0.3 is 0 Å². The van der Waals surface area contributed by atoms with E-state index in [-0.39, 0.29) is 10.8 Å². The molecule has 0 heterocycles. The Kier molecular flexibility index (Phi) is 6.12. The van der Waals surface area contributed by atoms with Crippen molar-refractivity contribution in [3.8, 4) is 0 Å². The van der Waals surface area contributed by atoms with Crippen LogP contribution in [-0.2, 0) is 10.0 Å². The maximum absolute atomic E-state index is 12.7. The van der Waals surface area contributed by atoms with Gasteiger partial charge in [0.15, 0.2) is 0 Å². The highest BCUT2D eigenvalue weighted by Crippen LogP contribution is 2.21. The molecule has 5 nitrogen and oxygen atoms in total. The van der Waals surface area contributed by atoms with E-state index < -0.39 is 15.6 Å². The van der Waals surface area contributed by atoms with E-state index in [1.165, 1.54) is 17.7 Å². The van der Waals surface area contributed by atoms with Crippen LogP contribution in [0, 0.1) is 6.92 Å². The Labute approximate surface area is 162 Å². The number of benzene rings is 2. The van der Waals surface area contributed by atoms with Crippen LogP contribution in [0.4, 0.5) is 5.69 Å². The molecular formula is C21H28N2O3S. The van der Waals surface area contributed by atoms with Gasteiger partial charge in [-0.25, -0.2) is 13.1 Å². The van der Waals surface area contributed by atoms with Crippen LogP contribution in [-0.4, -0.2) is 19.9 Å². The van der Waals surface area contributed by atoms with Crippen molar-refractivity contribution in [2.45, 2.75) is 57.9 Å². The Morgan fingerprint density at radius 1 is 1.00 bits per heavy atom. The highest BCUT2D eigenvalue weighted by molar-refractivity contribution is 7.89. The van der Waals surface area contributed by atoms with Gasteiger partial charge in [-0.3, -0.25) is 4.79 Å². The summed E-state index contributed by atoms with van der Waals surface area (Å²) in [6.07, 6.45) is 0. The van der Waals surface area contributed by atoms with Gasteiger partial charge in [-0.2, -0.15) is 0 Å². The maximum atomic E-state index is 12.7. The molecule has 0 unspecified atom stereocenters. The second kappa shape index (κ2) is 7.82. The highest BCUT2D eigenvalue weighted by Gasteiger charge is 2.23. The van der Waals surface area contributed by atoms with Crippen LogP contribution in [0.15, 0.2) is 47.4 Å². The molecule has 0 radical (unpaired) electrons. The summed E-state index contributed by atoms with van der Waals surface area (Å²) in [7, 11) is -3.71. The molecule has 2 aromatic carbocycles. The lowest BCUT2D eigenvalue weighted by molar-refractivity contribution is 0.102. The van der Waals surface area contributed by atoms with Gasteiger partial charge in [0.1, 0.15) is 0 Å². The first kappa shape index (κ1) is 21.1. The van der Waals surface area contributed by atoms with Crippen LogP contribution < -0.4 is 10.0 Å². The zero-order chi connectivity index (χ0) is 20.4. The van der Waals surface area contributed by atoms with E-state index >= 15 is 0 Å². The van der Waals surface area contributed by atoms with E-state index in [1.54, 1.807) is 33.8 Å². The molecule has 0 aromatic heterocycles. The smallest absolute Gasteiger partial charge is 0.255 e. The van der Waals surface area contributed by atoms with Crippen LogP contribution in [0.1, 0.15) is 62.0 Å². The van der Waals surface area contributed by atoms with Crippen LogP contribution in [0.3, 0.4) is 0 Å². The highest BCUT2D eigenvalue weighted by atomic mass is 32.2. The minimum absolute atomic E-state index is 0.0725. The summed E-state index contributed by atoms with van der Waals surface area (Å²) < 4.78 is 27.7. The van der Waals surface area contributed by atoms with E-state index in [0.29, 0.717) is 22.7 Å². The van der Waals surface area contributed by atoms with Gasteiger partial charge in [0, 0.05) is 16.8 Å². The summed E-state index contributed by atoms with van der Waals surface area (Å²) in [5.41, 5.74) is 2.29. The van der Waals surface area contributed by atoms with Gasteiger partial charge in [-0.05, 0) is 69.0 Å². The number of hydrogen-bond acceptors (Lipinski definition) is 3. The fraction of sp³-hybridized carbons (Fsp3) is 0.381. The largest absolute Gasteiger partial charge is 0.322 e. The number of amides is 1. The van der Waals surface area contributed by atoms with E-state index in [0.717, 1.165) is 0 Å². The predicted molar refractivity (Wildman–Crippen MR) is 110 cm³/mol. The van der Waals surface area contributed by atoms with Crippen molar-refractivity contribution in [2.24, 2.45) is 0 Å². The first-order valence-corrected chi connectivity index (χ1v) is 10.4. The maximum Gasteiger partial charge on any atom is 0.255 e. The summed E-state index contributed by atoms with van der Waals surface area (Å²) >= 11 is 0. The van der Waals surface area contributed by atoms with Crippen LogP contribution in [0.2, 0.25) is 0 Å². The third kappa shape index (κ3) is 5.65.